The molecule has 0 saturated heterocycles. The first kappa shape index (κ1) is 16.9. The van der Waals surface area contributed by atoms with Gasteiger partial charge in [-0.3, -0.25) is 4.79 Å². The van der Waals surface area contributed by atoms with E-state index in [9.17, 15) is 9.59 Å². The van der Waals surface area contributed by atoms with E-state index in [0.29, 0.717) is 5.02 Å². The number of carbonyl (C=O) groups excluding carboxylic acids is 1. The number of benzene rings is 1. The second kappa shape index (κ2) is 7.02. The quantitative estimate of drug-likeness (QED) is 0.872. The molecule has 1 rings (SSSR count). The molecule has 20 heavy (non-hydrogen) atoms. The van der Waals surface area contributed by atoms with Crippen molar-refractivity contribution in [2.45, 2.75) is 19.9 Å². The predicted molar refractivity (Wildman–Crippen MR) is 80.0 cm³/mol. The first-order valence-electron chi connectivity index (χ1n) is 5.66. The molecule has 0 atom stereocenters. The topological polar surface area (TPSA) is 69.6 Å². The molecular weight excluding hydrogens is 327 g/mol. The minimum atomic E-state index is -1.11. The van der Waals surface area contributed by atoms with Gasteiger partial charge in [0.15, 0.2) is 0 Å². The van der Waals surface area contributed by atoms with Gasteiger partial charge in [-0.2, -0.15) is 0 Å². The van der Waals surface area contributed by atoms with E-state index in [2.05, 4.69) is 5.32 Å². The van der Waals surface area contributed by atoms with Gasteiger partial charge >= 0.3 is 12.0 Å². The Morgan fingerprint density at radius 3 is 2.15 bits per heavy atom. The zero-order valence-electron chi connectivity index (χ0n) is 10.8. The number of urea groups is 1. The highest BCUT2D eigenvalue weighted by Gasteiger charge is 2.21. The van der Waals surface area contributed by atoms with Crippen LogP contribution in [0.1, 0.15) is 13.8 Å². The van der Waals surface area contributed by atoms with Crippen molar-refractivity contribution in [3.8, 4) is 0 Å². The van der Waals surface area contributed by atoms with Crippen molar-refractivity contribution in [1.29, 1.82) is 0 Å². The van der Waals surface area contributed by atoms with Crippen LogP contribution < -0.4 is 5.32 Å². The standard InChI is InChI=1S/C12H13Cl3N2O3/c1-6(2)17(5-10(18)19)12(20)16-11-8(14)3-7(13)4-9(11)15/h3-4,6H,5H2,1-2H3,(H,16,20)(H,18,19). The molecule has 0 aromatic heterocycles. The van der Waals surface area contributed by atoms with Gasteiger partial charge in [0.1, 0.15) is 6.54 Å². The molecule has 1 aromatic rings. The number of nitrogens with one attached hydrogen (secondary N) is 1. The average Bonchev–Trinajstić information content (AvgIpc) is 2.29. The van der Waals surface area contributed by atoms with Gasteiger partial charge in [-0.15, -0.1) is 0 Å². The molecule has 0 aliphatic heterocycles. The number of hydrogen-bond donors (Lipinski definition) is 2. The third-order valence-electron chi connectivity index (χ3n) is 2.43. The molecule has 1 aromatic carbocycles. The Labute approximate surface area is 131 Å². The van der Waals surface area contributed by atoms with E-state index in [-0.39, 0.29) is 21.8 Å². The molecule has 2 N–H and O–H groups in total. The van der Waals surface area contributed by atoms with Crippen LogP contribution in [0.2, 0.25) is 15.1 Å². The zero-order chi connectivity index (χ0) is 15.4. The Morgan fingerprint density at radius 2 is 1.75 bits per heavy atom. The van der Waals surface area contributed by atoms with Crippen LogP contribution in [-0.2, 0) is 4.79 Å². The van der Waals surface area contributed by atoms with Crippen LogP contribution in [0.3, 0.4) is 0 Å². The van der Waals surface area contributed by atoms with Crippen molar-refractivity contribution < 1.29 is 14.7 Å². The van der Waals surface area contributed by atoms with Crippen LogP contribution >= 0.6 is 34.8 Å². The van der Waals surface area contributed by atoms with Crippen molar-refractivity contribution in [3.05, 3.63) is 27.2 Å². The van der Waals surface area contributed by atoms with E-state index in [1.54, 1.807) is 13.8 Å². The van der Waals surface area contributed by atoms with Gasteiger partial charge in [-0.1, -0.05) is 34.8 Å². The normalized spacial score (nSPS) is 10.5. The van der Waals surface area contributed by atoms with E-state index >= 15 is 0 Å². The van der Waals surface area contributed by atoms with E-state index < -0.39 is 18.5 Å². The fourth-order valence-electron chi connectivity index (χ4n) is 1.47. The summed E-state index contributed by atoms with van der Waals surface area (Å²) in [5.74, 6) is -1.11. The monoisotopic (exact) mass is 338 g/mol. The number of carboxylic acids is 1. The number of nitrogens with zero attached hydrogens (tertiary/aromatic N) is 1. The van der Waals surface area contributed by atoms with Gasteiger partial charge < -0.3 is 15.3 Å². The number of carboxylic acid groups (broad SMARTS) is 1. The largest absolute Gasteiger partial charge is 0.480 e. The van der Waals surface area contributed by atoms with Gasteiger partial charge in [0, 0.05) is 11.1 Å². The lowest BCUT2D eigenvalue weighted by Gasteiger charge is -2.25. The second-order valence-corrected chi connectivity index (χ2v) is 5.54. The second-order valence-electron chi connectivity index (χ2n) is 4.29. The first-order chi connectivity index (χ1) is 9.22. The molecular formula is C12H13Cl3N2O3. The lowest BCUT2D eigenvalue weighted by Crippen LogP contribution is -2.43. The van der Waals surface area contributed by atoms with Gasteiger partial charge in [0.25, 0.3) is 0 Å². The number of aliphatic carboxylic acids is 1. The molecule has 0 radical (unpaired) electrons. The number of amides is 2. The van der Waals surface area contributed by atoms with Crippen LogP contribution in [-0.4, -0.2) is 34.6 Å². The third kappa shape index (κ3) is 4.44. The number of anilines is 1. The molecule has 0 saturated carbocycles. The summed E-state index contributed by atoms with van der Waals surface area (Å²) in [7, 11) is 0. The highest BCUT2D eigenvalue weighted by molar-refractivity contribution is 6.42. The highest BCUT2D eigenvalue weighted by Crippen LogP contribution is 2.33. The molecule has 0 heterocycles. The van der Waals surface area contributed by atoms with E-state index in [1.165, 1.54) is 12.1 Å². The van der Waals surface area contributed by atoms with Crippen LogP contribution in [0, 0.1) is 0 Å². The van der Waals surface area contributed by atoms with Crippen molar-refractivity contribution in [2.75, 3.05) is 11.9 Å². The molecule has 2 amide bonds. The SMILES string of the molecule is CC(C)N(CC(=O)O)C(=O)Nc1c(Cl)cc(Cl)cc1Cl. The number of hydrogen-bond acceptors (Lipinski definition) is 2. The zero-order valence-corrected chi connectivity index (χ0v) is 13.1. The van der Waals surface area contributed by atoms with Crippen molar-refractivity contribution in [1.82, 2.24) is 4.90 Å². The maximum atomic E-state index is 12.1. The third-order valence-corrected chi connectivity index (χ3v) is 3.24. The van der Waals surface area contributed by atoms with Crippen LogP contribution in [0.25, 0.3) is 0 Å². The highest BCUT2D eigenvalue weighted by atomic mass is 35.5. The molecule has 0 aliphatic rings. The fourth-order valence-corrected chi connectivity index (χ4v) is 2.39. The summed E-state index contributed by atoms with van der Waals surface area (Å²) < 4.78 is 0. The minimum absolute atomic E-state index is 0.176. The summed E-state index contributed by atoms with van der Waals surface area (Å²) in [6, 6.07) is 1.97. The summed E-state index contributed by atoms with van der Waals surface area (Å²) in [6.07, 6.45) is 0. The molecule has 0 spiro atoms. The van der Waals surface area contributed by atoms with Crippen LogP contribution in [0.15, 0.2) is 12.1 Å². The molecule has 5 nitrogen and oxygen atoms in total. The smallest absolute Gasteiger partial charge is 0.323 e. The average molecular weight is 340 g/mol. The van der Waals surface area contributed by atoms with Crippen molar-refractivity contribution in [3.63, 3.8) is 0 Å². The van der Waals surface area contributed by atoms with Crippen molar-refractivity contribution >= 4 is 52.5 Å². The van der Waals surface area contributed by atoms with E-state index in [4.69, 9.17) is 39.9 Å². The van der Waals surface area contributed by atoms with Crippen molar-refractivity contribution in [2.24, 2.45) is 0 Å². The molecule has 0 unspecified atom stereocenters. The maximum Gasteiger partial charge on any atom is 0.323 e. The van der Waals surface area contributed by atoms with E-state index in [1.807, 2.05) is 0 Å². The van der Waals surface area contributed by atoms with E-state index in [0.717, 1.165) is 4.90 Å². The lowest BCUT2D eigenvalue weighted by atomic mass is 10.3. The molecule has 0 bridgehead atoms. The molecule has 8 heteroatoms. The van der Waals surface area contributed by atoms with Crippen LogP contribution in [0.5, 0.6) is 0 Å². The summed E-state index contributed by atoms with van der Waals surface area (Å²) in [5.41, 5.74) is 0.193. The predicted octanol–water partition coefficient (Wildman–Crippen LogP) is 3.97. The number of rotatable bonds is 4. The lowest BCUT2D eigenvalue weighted by molar-refractivity contribution is -0.137. The fraction of sp³-hybridized carbons (Fsp3) is 0.333. The Bertz CT molecular complexity index is 512. The molecule has 0 fully saturated rings. The Kier molecular flexibility index (Phi) is 5.92. The Morgan fingerprint density at radius 1 is 1.25 bits per heavy atom. The summed E-state index contributed by atoms with van der Waals surface area (Å²) >= 11 is 17.7. The number of halogens is 3. The summed E-state index contributed by atoms with van der Waals surface area (Å²) in [6.45, 7) is 2.98. The molecule has 110 valence electrons. The molecule has 0 aliphatic carbocycles. The Hall–Kier alpha value is -1.17. The maximum absolute atomic E-state index is 12.1. The Balaban J connectivity index is 2.97. The number of carbonyl (C=O) groups is 2. The first-order valence-corrected chi connectivity index (χ1v) is 6.79. The summed E-state index contributed by atoms with van der Waals surface area (Å²) in [5, 5.41) is 12.0. The minimum Gasteiger partial charge on any atom is -0.480 e. The van der Waals surface area contributed by atoms with Gasteiger partial charge in [-0.05, 0) is 26.0 Å². The van der Waals surface area contributed by atoms with Gasteiger partial charge in [-0.25, -0.2) is 4.79 Å². The van der Waals surface area contributed by atoms with Crippen LogP contribution in [0.4, 0.5) is 10.5 Å². The van der Waals surface area contributed by atoms with Gasteiger partial charge in [0.2, 0.25) is 0 Å². The van der Waals surface area contributed by atoms with Gasteiger partial charge in [0.05, 0.1) is 15.7 Å². The summed E-state index contributed by atoms with van der Waals surface area (Å²) in [4.78, 5) is 24.0.